The van der Waals surface area contributed by atoms with E-state index in [0.717, 1.165) is 11.1 Å². The molecular weight excluding hydrogens is 394 g/mol. The minimum absolute atomic E-state index is 0.0344. The number of hydrogen-bond donors (Lipinski definition) is 1. The zero-order valence-corrected chi connectivity index (χ0v) is 18.3. The number of methoxy groups -OCH3 is 1. The van der Waals surface area contributed by atoms with Gasteiger partial charge in [-0.3, -0.25) is 14.4 Å². The quantitative estimate of drug-likeness (QED) is 0.775. The first-order chi connectivity index (χ1) is 14.9. The van der Waals surface area contributed by atoms with Gasteiger partial charge in [0.25, 0.3) is 5.91 Å². The molecule has 0 spiro atoms. The number of nitrogens with one attached hydrogen (secondary N) is 1. The van der Waals surface area contributed by atoms with Gasteiger partial charge in [0, 0.05) is 38.7 Å². The number of rotatable bonds is 6. The molecule has 1 atom stereocenters. The summed E-state index contributed by atoms with van der Waals surface area (Å²) in [7, 11) is 1.57. The summed E-state index contributed by atoms with van der Waals surface area (Å²) >= 11 is 0. The standard InChI is InChI=1S/C24H29N3O4/c1-17-7-9-19(10-8-17)22(25-18(2)28)16-23(29)26-11-13-27(14-12-26)24(30)20-5-4-6-21(15-20)31-3/h4-10,15,22H,11-14,16H2,1-3H3,(H,25,28). The molecule has 1 unspecified atom stereocenters. The van der Waals surface area contributed by atoms with E-state index in [0.29, 0.717) is 37.5 Å². The lowest BCUT2D eigenvalue weighted by Gasteiger charge is -2.35. The van der Waals surface area contributed by atoms with Crippen LogP contribution in [0.5, 0.6) is 5.75 Å². The molecule has 7 nitrogen and oxygen atoms in total. The van der Waals surface area contributed by atoms with E-state index in [1.165, 1.54) is 6.92 Å². The van der Waals surface area contributed by atoms with Crippen LogP contribution < -0.4 is 10.1 Å². The van der Waals surface area contributed by atoms with Crippen molar-refractivity contribution in [1.29, 1.82) is 0 Å². The Morgan fingerprint density at radius 2 is 1.65 bits per heavy atom. The van der Waals surface area contributed by atoms with Gasteiger partial charge in [-0.2, -0.15) is 0 Å². The van der Waals surface area contributed by atoms with Crippen LogP contribution in [0.2, 0.25) is 0 Å². The molecule has 1 heterocycles. The van der Waals surface area contributed by atoms with Crippen molar-refractivity contribution >= 4 is 17.7 Å². The summed E-state index contributed by atoms with van der Waals surface area (Å²) in [4.78, 5) is 40.9. The fraction of sp³-hybridized carbons (Fsp3) is 0.375. The van der Waals surface area contributed by atoms with E-state index in [1.54, 1.807) is 41.2 Å². The van der Waals surface area contributed by atoms with Crippen LogP contribution in [0.3, 0.4) is 0 Å². The molecule has 3 amide bonds. The van der Waals surface area contributed by atoms with Gasteiger partial charge in [0.1, 0.15) is 5.75 Å². The summed E-state index contributed by atoms with van der Waals surface area (Å²) in [5, 5.41) is 2.88. The second-order valence-electron chi connectivity index (χ2n) is 7.77. The normalized spacial score (nSPS) is 14.7. The summed E-state index contributed by atoms with van der Waals surface area (Å²) in [6.45, 7) is 5.32. The molecule has 0 aromatic heterocycles. The van der Waals surface area contributed by atoms with E-state index < -0.39 is 0 Å². The van der Waals surface area contributed by atoms with Crippen LogP contribution in [0, 0.1) is 6.92 Å². The number of benzene rings is 2. The van der Waals surface area contributed by atoms with Gasteiger partial charge in [-0.1, -0.05) is 35.9 Å². The number of nitrogens with zero attached hydrogens (tertiary/aromatic N) is 2. The van der Waals surface area contributed by atoms with Gasteiger partial charge in [0.2, 0.25) is 11.8 Å². The molecule has 1 N–H and O–H groups in total. The third-order valence-electron chi connectivity index (χ3n) is 5.47. The first-order valence-electron chi connectivity index (χ1n) is 10.4. The van der Waals surface area contributed by atoms with Crippen LogP contribution in [0.25, 0.3) is 0 Å². The molecule has 1 aliphatic rings. The molecule has 2 aromatic rings. The molecule has 1 fully saturated rings. The van der Waals surface area contributed by atoms with Crippen molar-refractivity contribution in [2.45, 2.75) is 26.3 Å². The van der Waals surface area contributed by atoms with Crippen LogP contribution in [-0.4, -0.2) is 60.8 Å². The summed E-state index contributed by atoms with van der Waals surface area (Å²) < 4.78 is 5.19. The topological polar surface area (TPSA) is 79.0 Å². The maximum absolute atomic E-state index is 12.9. The molecule has 0 aliphatic carbocycles. The van der Waals surface area contributed by atoms with Gasteiger partial charge in [0.05, 0.1) is 19.6 Å². The number of carbonyl (C=O) groups excluding carboxylic acids is 3. The fourth-order valence-electron chi connectivity index (χ4n) is 3.70. The molecular formula is C24H29N3O4. The number of piperazine rings is 1. The maximum Gasteiger partial charge on any atom is 0.254 e. The lowest BCUT2D eigenvalue weighted by atomic mass is 10.0. The van der Waals surface area contributed by atoms with E-state index in [2.05, 4.69) is 5.32 Å². The van der Waals surface area contributed by atoms with Crippen molar-refractivity contribution in [2.75, 3.05) is 33.3 Å². The molecule has 0 bridgehead atoms. The predicted molar refractivity (Wildman–Crippen MR) is 118 cm³/mol. The second-order valence-corrected chi connectivity index (χ2v) is 7.77. The average molecular weight is 424 g/mol. The van der Waals surface area contributed by atoms with Gasteiger partial charge >= 0.3 is 0 Å². The highest BCUT2D eigenvalue weighted by molar-refractivity contribution is 5.94. The van der Waals surface area contributed by atoms with Crippen molar-refractivity contribution in [2.24, 2.45) is 0 Å². The highest BCUT2D eigenvalue weighted by Gasteiger charge is 2.27. The first-order valence-corrected chi connectivity index (χ1v) is 10.4. The number of hydrogen-bond acceptors (Lipinski definition) is 4. The van der Waals surface area contributed by atoms with E-state index in [1.807, 2.05) is 31.2 Å². The second kappa shape index (κ2) is 10.1. The molecule has 1 aliphatic heterocycles. The molecule has 0 saturated carbocycles. The van der Waals surface area contributed by atoms with E-state index >= 15 is 0 Å². The summed E-state index contributed by atoms with van der Waals surface area (Å²) in [5.74, 6) is 0.362. The SMILES string of the molecule is COc1cccc(C(=O)N2CCN(C(=O)CC(NC(C)=O)c3ccc(C)cc3)CC2)c1. The molecule has 7 heteroatoms. The Morgan fingerprint density at radius 3 is 2.26 bits per heavy atom. The number of ether oxygens (including phenoxy) is 1. The van der Waals surface area contributed by atoms with Crippen LogP contribution in [0.15, 0.2) is 48.5 Å². The summed E-state index contributed by atoms with van der Waals surface area (Å²) in [6.07, 6.45) is 0.187. The highest BCUT2D eigenvalue weighted by Crippen LogP contribution is 2.20. The monoisotopic (exact) mass is 423 g/mol. The van der Waals surface area contributed by atoms with Gasteiger partial charge < -0.3 is 19.9 Å². The molecule has 0 radical (unpaired) electrons. The van der Waals surface area contributed by atoms with Crippen LogP contribution >= 0.6 is 0 Å². The third-order valence-corrected chi connectivity index (χ3v) is 5.47. The van der Waals surface area contributed by atoms with Crippen molar-refractivity contribution in [3.8, 4) is 5.75 Å². The van der Waals surface area contributed by atoms with Crippen LogP contribution in [-0.2, 0) is 9.59 Å². The first kappa shape index (κ1) is 22.3. The molecule has 31 heavy (non-hydrogen) atoms. The Kier molecular flexibility index (Phi) is 7.28. The zero-order valence-electron chi connectivity index (χ0n) is 18.3. The maximum atomic E-state index is 12.9. The number of carbonyl (C=O) groups is 3. The predicted octanol–water partition coefficient (Wildman–Crippen LogP) is 2.56. The van der Waals surface area contributed by atoms with E-state index in [-0.39, 0.29) is 30.2 Å². The minimum atomic E-state index is -0.373. The fourth-order valence-corrected chi connectivity index (χ4v) is 3.70. The Bertz CT molecular complexity index is 934. The van der Waals surface area contributed by atoms with Crippen molar-refractivity contribution in [3.63, 3.8) is 0 Å². The van der Waals surface area contributed by atoms with Crippen LogP contribution in [0.1, 0.15) is 40.9 Å². The zero-order chi connectivity index (χ0) is 22.4. The van der Waals surface area contributed by atoms with Crippen molar-refractivity contribution in [1.82, 2.24) is 15.1 Å². The third kappa shape index (κ3) is 5.84. The Balaban J connectivity index is 1.60. The number of amides is 3. The Morgan fingerprint density at radius 1 is 1.00 bits per heavy atom. The van der Waals surface area contributed by atoms with Crippen molar-refractivity contribution < 1.29 is 19.1 Å². The van der Waals surface area contributed by atoms with Gasteiger partial charge in [0.15, 0.2) is 0 Å². The summed E-state index contributed by atoms with van der Waals surface area (Å²) in [5.41, 5.74) is 2.60. The Labute approximate surface area is 183 Å². The van der Waals surface area contributed by atoms with E-state index in [9.17, 15) is 14.4 Å². The lowest BCUT2D eigenvalue weighted by Crippen LogP contribution is -2.51. The van der Waals surface area contributed by atoms with E-state index in [4.69, 9.17) is 4.74 Å². The molecule has 3 rings (SSSR count). The van der Waals surface area contributed by atoms with Gasteiger partial charge in [-0.05, 0) is 30.7 Å². The molecule has 164 valence electrons. The van der Waals surface area contributed by atoms with Crippen LogP contribution in [0.4, 0.5) is 0 Å². The minimum Gasteiger partial charge on any atom is -0.497 e. The number of aryl methyl sites for hydroxylation is 1. The Hall–Kier alpha value is -3.35. The molecule has 1 saturated heterocycles. The van der Waals surface area contributed by atoms with Crippen molar-refractivity contribution in [3.05, 3.63) is 65.2 Å². The lowest BCUT2D eigenvalue weighted by molar-refractivity contribution is -0.133. The molecule has 2 aromatic carbocycles. The smallest absolute Gasteiger partial charge is 0.254 e. The van der Waals surface area contributed by atoms with Gasteiger partial charge in [-0.15, -0.1) is 0 Å². The average Bonchev–Trinajstić information content (AvgIpc) is 2.78. The summed E-state index contributed by atoms with van der Waals surface area (Å²) in [6, 6.07) is 14.5. The highest BCUT2D eigenvalue weighted by atomic mass is 16.5. The van der Waals surface area contributed by atoms with Gasteiger partial charge in [-0.25, -0.2) is 0 Å². The largest absolute Gasteiger partial charge is 0.497 e.